The van der Waals surface area contributed by atoms with Gasteiger partial charge in [0.25, 0.3) is 0 Å². The molecule has 0 amide bonds. The molecule has 0 N–H and O–H groups in total. The van der Waals surface area contributed by atoms with Crippen molar-refractivity contribution in [3.8, 4) is 0 Å². The molecule has 5 heteroatoms. The molecule has 10 fully saturated rings. The van der Waals surface area contributed by atoms with Gasteiger partial charge in [-0.05, 0) is 0 Å². The van der Waals surface area contributed by atoms with Crippen molar-refractivity contribution in [3.63, 3.8) is 0 Å². The van der Waals surface area contributed by atoms with E-state index < -0.39 is 6.51 Å². The third-order valence-corrected chi connectivity index (χ3v) is 69.8. The zero-order chi connectivity index (χ0) is 28.9. The van der Waals surface area contributed by atoms with Gasteiger partial charge in [-0.3, -0.25) is 0 Å². The Hall–Kier alpha value is -1.88. The summed E-state index contributed by atoms with van der Waals surface area (Å²) >= 11 is 0. The van der Waals surface area contributed by atoms with Gasteiger partial charge in [0, 0.05) is 0 Å². The predicted octanol–water partition coefficient (Wildman–Crippen LogP) is 9.23. The first kappa shape index (κ1) is 22.6. The van der Waals surface area contributed by atoms with Crippen LogP contribution in [0.4, 0.5) is 0 Å². The Balaban J connectivity index is 1.30. The van der Waals surface area contributed by atoms with Gasteiger partial charge in [0.1, 0.15) is 0 Å². The molecule has 2 aromatic heterocycles. The van der Waals surface area contributed by atoms with Gasteiger partial charge < -0.3 is 0 Å². The Labute approximate surface area is 249 Å². The predicted molar refractivity (Wildman–Crippen MR) is 176 cm³/mol. The van der Waals surface area contributed by atoms with Gasteiger partial charge in [-0.15, -0.1) is 0 Å². The number of rotatable bonds is 6. The minimum atomic E-state index is -4.95. The molecular weight excluding hydrogens is 602 g/mol. The van der Waals surface area contributed by atoms with E-state index >= 15 is 0 Å². The first-order valence-corrected chi connectivity index (χ1v) is 23.6. The molecule has 7 unspecified atom stereocenters. The first-order chi connectivity index (χ1) is 20.6. The van der Waals surface area contributed by atoms with Gasteiger partial charge in [-0.1, -0.05) is 0 Å². The average Bonchev–Trinajstić information content (AvgIpc) is 4.00. The molecule has 0 aliphatic carbocycles. The summed E-state index contributed by atoms with van der Waals surface area (Å²) in [7, 11) is 7.17. The number of fused-ring (bicyclic) bond motifs is 10. The summed E-state index contributed by atoms with van der Waals surface area (Å²) in [6.07, 6.45) is 9.68. The van der Waals surface area contributed by atoms with Crippen LogP contribution < -0.4 is 0 Å². The van der Waals surface area contributed by atoms with Crippen molar-refractivity contribution < 1.29 is 6.51 Å². The van der Waals surface area contributed by atoms with Gasteiger partial charge in [-0.25, -0.2) is 0 Å². The zero-order valence-electron chi connectivity index (χ0n) is 24.9. The van der Waals surface area contributed by atoms with E-state index in [0.717, 1.165) is 24.1 Å². The summed E-state index contributed by atoms with van der Waals surface area (Å²) in [6.45, 7) is 3.16. The van der Waals surface area contributed by atoms with Crippen LogP contribution >= 0.6 is 18.5 Å². The standard InChI is InChI=1S/C33H33N2P2.C5H5.Fe/c1-32(2,3)31-29(24-14-8-5-9-15-24)28(23-12-6-4-7-13-23)27(22-36)30(31)33(37,25-16-10-18-34-20-25)26-17-11-19-35-21-26;1-2-4-5-3-1;/h4-21H,22,36-37H2,1-3H3;1-5H;. The quantitative estimate of drug-likeness (QED) is 0.155. The molecule has 0 saturated carbocycles. The fourth-order valence-corrected chi connectivity index (χ4v) is 120. The van der Waals surface area contributed by atoms with Crippen molar-refractivity contribution in [2.45, 2.75) is 71.6 Å². The van der Waals surface area contributed by atoms with Gasteiger partial charge in [-0.2, -0.15) is 0 Å². The maximum absolute atomic E-state index is 4.95. The molecule has 0 radical (unpaired) electrons. The van der Waals surface area contributed by atoms with Crippen LogP contribution in [0, 0.1) is 5.41 Å². The molecule has 14 rings (SSSR count). The summed E-state index contributed by atoms with van der Waals surface area (Å²) in [6, 6.07) is 33.7. The van der Waals surface area contributed by atoms with E-state index in [4.69, 9.17) is 9.97 Å². The van der Waals surface area contributed by atoms with Gasteiger partial charge in [0.2, 0.25) is 0 Å². The summed E-state index contributed by atoms with van der Waals surface area (Å²) < 4.78 is 1.73. The molecule has 0 bridgehead atoms. The van der Waals surface area contributed by atoms with Gasteiger partial charge in [0.05, 0.1) is 0 Å². The van der Waals surface area contributed by atoms with Crippen molar-refractivity contribution in [1.29, 1.82) is 0 Å². The van der Waals surface area contributed by atoms with Crippen molar-refractivity contribution in [2.75, 3.05) is 6.16 Å². The Morgan fingerprint density at radius 1 is 0.651 bits per heavy atom. The fraction of sp³-hybridized carbons (Fsp3) is 0.421. The number of benzene rings is 2. The zero-order valence-corrected chi connectivity index (χ0v) is 28.3. The topological polar surface area (TPSA) is 25.8 Å². The summed E-state index contributed by atoms with van der Waals surface area (Å²) in [5.74, 6) is 0. The van der Waals surface area contributed by atoms with E-state index in [1.54, 1.807) is 11.1 Å². The third kappa shape index (κ3) is 0.489. The van der Waals surface area contributed by atoms with E-state index in [2.05, 4.69) is 137 Å². The van der Waals surface area contributed by atoms with E-state index in [0.29, 0.717) is 17.3 Å². The second kappa shape index (κ2) is 3.46. The van der Waals surface area contributed by atoms with Crippen molar-refractivity contribution in [3.05, 3.63) is 132 Å². The summed E-state index contributed by atoms with van der Waals surface area (Å²) in [4.78, 5) is 14.8. The number of pyridine rings is 2. The summed E-state index contributed by atoms with van der Waals surface area (Å²) in [5, 5.41) is -0.206. The molecule has 7 atom stereocenters. The molecule has 10 aliphatic rings. The van der Waals surface area contributed by atoms with Crippen molar-refractivity contribution in [2.24, 2.45) is 5.41 Å². The molecule has 10 saturated heterocycles. The van der Waals surface area contributed by atoms with Crippen molar-refractivity contribution in [1.82, 2.24) is 9.97 Å². The second-order valence-corrected chi connectivity index (χ2v) is 42.2. The maximum atomic E-state index is 4.86. The van der Waals surface area contributed by atoms with E-state index in [9.17, 15) is 0 Å². The number of hydrogen-bond donors (Lipinski definition) is 0. The monoisotopic (exact) mass is 640 g/mol. The molecule has 43 heavy (non-hydrogen) atoms. The Morgan fingerprint density at radius 2 is 1.12 bits per heavy atom. The molecule has 218 valence electrons. The molecule has 2 aromatic carbocycles. The van der Waals surface area contributed by atoms with Crippen LogP contribution in [0.5, 0.6) is 0 Å². The molecule has 12 heterocycles. The van der Waals surface area contributed by atoms with E-state index in [1.165, 1.54) is 17.3 Å². The normalized spacial score (nSPS) is 61.7. The van der Waals surface area contributed by atoms with Crippen LogP contribution in [-0.2, 0) is 20.3 Å². The Morgan fingerprint density at radius 3 is 1.49 bits per heavy atom. The van der Waals surface area contributed by atoms with Crippen LogP contribution in [0.3, 0.4) is 0 Å². The molecule has 10 aliphatic heterocycles. The molecule has 1 spiro atoms. The van der Waals surface area contributed by atoms with Crippen LogP contribution in [0.15, 0.2) is 110 Å². The number of nitrogens with zero attached hydrogens (tertiary/aromatic N) is 2. The second-order valence-electron chi connectivity index (χ2n) is 18.6. The van der Waals surface area contributed by atoms with Gasteiger partial charge in [0.15, 0.2) is 0 Å². The van der Waals surface area contributed by atoms with Crippen LogP contribution in [0.2, 0.25) is 37.0 Å². The van der Waals surface area contributed by atoms with Gasteiger partial charge >= 0.3 is 250 Å². The molecular formula is C38H38FeN2P2. The molecule has 4 aromatic rings. The Kier molecular flexibility index (Phi) is 1.82. The average molecular weight is 641 g/mol. The molecule has 2 nitrogen and oxygen atoms in total. The van der Waals surface area contributed by atoms with Crippen LogP contribution in [0.25, 0.3) is 0 Å². The summed E-state index contributed by atoms with van der Waals surface area (Å²) in [5.41, 5.74) is 6.50. The van der Waals surface area contributed by atoms with Crippen LogP contribution in [-0.4, -0.2) is 16.1 Å². The fourth-order valence-electron chi connectivity index (χ4n) is 27.0. The van der Waals surface area contributed by atoms with E-state index in [-0.39, 0.29) is 14.9 Å². The van der Waals surface area contributed by atoms with Crippen molar-refractivity contribution >= 4 is 18.5 Å². The minimum absolute atomic E-state index is 0.198. The number of aromatic nitrogens is 2. The third-order valence-electron chi connectivity index (χ3n) is 22.1. The SMILES string of the molecule is CC(C)(C)[C]12[C]3(c4ccccc4)[C]4(c5ccccc5)[C]5(CP)[C]1(C(P)(c1cccnc1)c1cccnc1)[Fe]54321678[CH]2[CH]1[CH]6[CH]7[CH]28. The first-order valence-electron chi connectivity index (χ1n) is 16.2. The Bertz CT molecular complexity index is 2390. The van der Waals surface area contributed by atoms with E-state index in [1.807, 2.05) is 12.4 Å². The number of hydrogen-bond acceptors (Lipinski definition) is 2. The van der Waals surface area contributed by atoms with Crippen LogP contribution in [0.1, 0.15) is 43.0 Å².